The number of nitrogens with one attached hydrogen (secondary N) is 1. The number of hydrogen-bond acceptors (Lipinski definition) is 3. The highest BCUT2D eigenvalue weighted by Gasteiger charge is 2.33. The third-order valence-electron chi connectivity index (χ3n) is 2.74. The van der Waals surface area contributed by atoms with Crippen LogP contribution in [-0.4, -0.2) is 4.98 Å². The molecule has 0 radical (unpaired) electrons. The van der Waals surface area contributed by atoms with Crippen LogP contribution in [0.2, 0.25) is 0 Å². The van der Waals surface area contributed by atoms with Crippen molar-refractivity contribution in [1.29, 1.82) is 0 Å². The van der Waals surface area contributed by atoms with Gasteiger partial charge in [0.15, 0.2) is 0 Å². The third-order valence-corrected chi connectivity index (χ3v) is 2.74. The van der Waals surface area contributed by atoms with E-state index in [4.69, 9.17) is 4.42 Å². The zero-order chi connectivity index (χ0) is 14.0. The first kappa shape index (κ1) is 13.5. The lowest BCUT2D eigenvalue weighted by Gasteiger charge is -2.13. The molecule has 0 atom stereocenters. The molecule has 6 heteroatoms. The van der Waals surface area contributed by atoms with Crippen LogP contribution in [0.15, 0.2) is 28.7 Å². The SMILES string of the molecule is Cc1nc(CNc2ccccc2C(F)(F)F)oc1C. The molecule has 0 amide bonds. The summed E-state index contributed by atoms with van der Waals surface area (Å²) in [5, 5.41) is 2.70. The Morgan fingerprint density at radius 1 is 1.21 bits per heavy atom. The summed E-state index contributed by atoms with van der Waals surface area (Å²) in [6.07, 6.45) is -4.38. The smallest absolute Gasteiger partial charge is 0.418 e. The number of para-hydroxylation sites is 1. The molecule has 2 rings (SSSR count). The Balaban J connectivity index is 2.16. The van der Waals surface area contributed by atoms with Crippen molar-refractivity contribution in [2.24, 2.45) is 0 Å². The van der Waals surface area contributed by atoms with Gasteiger partial charge in [0.25, 0.3) is 0 Å². The van der Waals surface area contributed by atoms with Crippen LogP contribution < -0.4 is 5.32 Å². The Kier molecular flexibility index (Phi) is 3.50. The monoisotopic (exact) mass is 270 g/mol. The second-order valence-electron chi connectivity index (χ2n) is 4.15. The summed E-state index contributed by atoms with van der Waals surface area (Å²) < 4.78 is 43.6. The van der Waals surface area contributed by atoms with Crippen molar-refractivity contribution in [3.63, 3.8) is 0 Å². The first-order valence-corrected chi connectivity index (χ1v) is 5.71. The van der Waals surface area contributed by atoms with E-state index < -0.39 is 11.7 Å². The Bertz CT molecular complexity index is 556. The first-order chi connectivity index (χ1) is 8.88. The molecule has 3 nitrogen and oxygen atoms in total. The second kappa shape index (κ2) is 4.95. The lowest BCUT2D eigenvalue weighted by molar-refractivity contribution is -0.137. The Morgan fingerprint density at radius 3 is 2.47 bits per heavy atom. The lowest BCUT2D eigenvalue weighted by atomic mass is 10.1. The topological polar surface area (TPSA) is 38.1 Å². The Morgan fingerprint density at radius 2 is 1.89 bits per heavy atom. The average Bonchev–Trinajstić information content (AvgIpc) is 2.65. The zero-order valence-electron chi connectivity index (χ0n) is 10.5. The molecule has 0 saturated carbocycles. The normalized spacial score (nSPS) is 11.6. The van der Waals surface area contributed by atoms with E-state index in [0.29, 0.717) is 11.7 Å². The quantitative estimate of drug-likeness (QED) is 0.918. The van der Waals surface area contributed by atoms with Gasteiger partial charge in [0.05, 0.1) is 17.8 Å². The van der Waals surface area contributed by atoms with E-state index >= 15 is 0 Å². The molecule has 0 unspecified atom stereocenters. The van der Waals surface area contributed by atoms with Crippen LogP contribution in [-0.2, 0) is 12.7 Å². The van der Waals surface area contributed by atoms with Gasteiger partial charge in [-0.3, -0.25) is 0 Å². The molecule has 0 spiro atoms. The minimum absolute atomic E-state index is 0.0171. The third kappa shape index (κ3) is 3.07. The van der Waals surface area contributed by atoms with Gasteiger partial charge in [-0.1, -0.05) is 12.1 Å². The molecule has 0 bridgehead atoms. The van der Waals surface area contributed by atoms with Gasteiger partial charge in [0.1, 0.15) is 5.76 Å². The molecule has 102 valence electrons. The van der Waals surface area contributed by atoms with Crippen LogP contribution in [0.3, 0.4) is 0 Å². The molecule has 0 aliphatic rings. The van der Waals surface area contributed by atoms with Gasteiger partial charge in [0, 0.05) is 5.69 Å². The Labute approximate surface area is 108 Å². The van der Waals surface area contributed by atoms with Gasteiger partial charge >= 0.3 is 6.18 Å². The summed E-state index contributed by atoms with van der Waals surface area (Å²) >= 11 is 0. The largest absolute Gasteiger partial charge is 0.444 e. The molecule has 0 saturated heterocycles. The molecular formula is C13H13F3N2O. The highest BCUT2D eigenvalue weighted by atomic mass is 19.4. The van der Waals surface area contributed by atoms with Crippen molar-refractivity contribution in [3.05, 3.63) is 47.2 Å². The number of rotatable bonds is 3. The fourth-order valence-corrected chi connectivity index (χ4v) is 1.67. The fraction of sp³-hybridized carbons (Fsp3) is 0.308. The number of alkyl halides is 3. The van der Waals surface area contributed by atoms with Crippen molar-refractivity contribution in [1.82, 2.24) is 4.98 Å². The molecular weight excluding hydrogens is 257 g/mol. The van der Waals surface area contributed by atoms with Crippen LogP contribution >= 0.6 is 0 Å². The Hall–Kier alpha value is -1.98. The zero-order valence-corrected chi connectivity index (χ0v) is 10.5. The van der Waals surface area contributed by atoms with Crippen LogP contribution in [0.4, 0.5) is 18.9 Å². The molecule has 1 aromatic heterocycles. The van der Waals surface area contributed by atoms with Gasteiger partial charge in [0.2, 0.25) is 5.89 Å². The first-order valence-electron chi connectivity index (χ1n) is 5.71. The van der Waals surface area contributed by atoms with E-state index in [1.807, 2.05) is 0 Å². The van der Waals surface area contributed by atoms with Crippen LogP contribution in [0.5, 0.6) is 0 Å². The number of aromatic nitrogens is 1. The van der Waals surface area contributed by atoms with Gasteiger partial charge in [-0.25, -0.2) is 4.98 Å². The molecule has 1 heterocycles. The summed E-state index contributed by atoms with van der Waals surface area (Å²) in [6, 6.07) is 5.32. The maximum Gasteiger partial charge on any atom is 0.418 e. The van der Waals surface area contributed by atoms with Crippen LogP contribution in [0.1, 0.15) is 22.9 Å². The van der Waals surface area contributed by atoms with Gasteiger partial charge in [-0.2, -0.15) is 13.2 Å². The van der Waals surface area contributed by atoms with E-state index in [1.54, 1.807) is 19.9 Å². The number of aryl methyl sites for hydroxylation is 2. The predicted octanol–water partition coefficient (Wildman–Crippen LogP) is 3.92. The van der Waals surface area contributed by atoms with Crippen molar-refractivity contribution in [2.75, 3.05) is 5.32 Å². The number of anilines is 1. The number of nitrogens with zero attached hydrogens (tertiary/aromatic N) is 1. The number of hydrogen-bond donors (Lipinski definition) is 1. The van der Waals surface area contributed by atoms with Gasteiger partial charge in [-0.05, 0) is 26.0 Å². The van der Waals surface area contributed by atoms with E-state index in [0.717, 1.165) is 11.8 Å². The molecule has 0 fully saturated rings. The highest BCUT2D eigenvalue weighted by molar-refractivity contribution is 5.52. The van der Waals surface area contributed by atoms with Crippen molar-refractivity contribution < 1.29 is 17.6 Å². The van der Waals surface area contributed by atoms with Crippen molar-refractivity contribution in [2.45, 2.75) is 26.6 Å². The molecule has 0 aliphatic carbocycles. The summed E-state index contributed by atoms with van der Waals surface area (Å²) in [6.45, 7) is 3.66. The highest BCUT2D eigenvalue weighted by Crippen LogP contribution is 2.34. The molecule has 2 aromatic rings. The standard InChI is InChI=1S/C13H13F3N2O/c1-8-9(2)19-12(18-8)7-17-11-6-4-3-5-10(11)13(14,15)16/h3-6,17H,7H2,1-2H3. The number of benzene rings is 1. The van der Waals surface area contributed by atoms with Crippen molar-refractivity contribution in [3.8, 4) is 0 Å². The van der Waals surface area contributed by atoms with E-state index in [-0.39, 0.29) is 12.2 Å². The predicted molar refractivity (Wildman–Crippen MR) is 64.7 cm³/mol. The number of oxazole rings is 1. The summed E-state index contributed by atoms with van der Waals surface area (Å²) in [4.78, 5) is 4.11. The minimum Gasteiger partial charge on any atom is -0.444 e. The molecule has 1 N–H and O–H groups in total. The van der Waals surface area contributed by atoms with Gasteiger partial charge in [-0.15, -0.1) is 0 Å². The number of halogens is 3. The molecule has 0 aliphatic heterocycles. The average molecular weight is 270 g/mol. The van der Waals surface area contributed by atoms with Crippen molar-refractivity contribution >= 4 is 5.69 Å². The van der Waals surface area contributed by atoms with Gasteiger partial charge < -0.3 is 9.73 Å². The minimum atomic E-state index is -4.38. The maximum atomic E-state index is 12.8. The van der Waals surface area contributed by atoms with Crippen LogP contribution in [0.25, 0.3) is 0 Å². The molecule has 1 aromatic carbocycles. The fourth-order valence-electron chi connectivity index (χ4n) is 1.67. The van der Waals surface area contributed by atoms with E-state index in [1.165, 1.54) is 12.1 Å². The summed E-state index contributed by atoms with van der Waals surface area (Å²) in [5.74, 6) is 1.04. The summed E-state index contributed by atoms with van der Waals surface area (Å²) in [5.41, 5.74) is 0.0550. The molecule has 19 heavy (non-hydrogen) atoms. The second-order valence-corrected chi connectivity index (χ2v) is 4.15. The van der Waals surface area contributed by atoms with E-state index in [2.05, 4.69) is 10.3 Å². The maximum absolute atomic E-state index is 12.8. The van der Waals surface area contributed by atoms with E-state index in [9.17, 15) is 13.2 Å². The summed E-state index contributed by atoms with van der Waals surface area (Å²) in [7, 11) is 0. The van der Waals surface area contributed by atoms with Crippen LogP contribution in [0, 0.1) is 13.8 Å². The lowest BCUT2D eigenvalue weighted by Crippen LogP contribution is -2.10.